The molecule has 1 saturated carbocycles. The summed E-state index contributed by atoms with van der Waals surface area (Å²) >= 11 is 0. The molecule has 0 aliphatic heterocycles. The van der Waals surface area contributed by atoms with Gasteiger partial charge in [0.15, 0.2) is 0 Å². The summed E-state index contributed by atoms with van der Waals surface area (Å²) in [7, 11) is -3.00. The van der Waals surface area contributed by atoms with Gasteiger partial charge in [-0.15, -0.1) is 0 Å². The quantitative estimate of drug-likeness (QED) is 0.717. The summed E-state index contributed by atoms with van der Waals surface area (Å²) in [5.74, 6) is 1.10. The molecule has 4 heteroatoms. The Hall–Kier alpha value is -0.380. The molecule has 0 saturated heterocycles. The zero-order chi connectivity index (χ0) is 13.6. The fourth-order valence-corrected chi connectivity index (χ4v) is 3.33. The van der Waals surface area contributed by atoms with Gasteiger partial charge < -0.3 is 0 Å². The molecule has 0 aromatic heterocycles. The second-order valence-electron chi connectivity index (χ2n) is 5.71. The van der Waals surface area contributed by atoms with Gasteiger partial charge in [-0.05, 0) is 31.6 Å². The maximum absolute atomic E-state index is 11.9. The lowest BCUT2D eigenvalue weighted by atomic mass is 9.78. The summed E-state index contributed by atoms with van der Waals surface area (Å²) in [5, 5.41) is 0. The van der Waals surface area contributed by atoms with Crippen LogP contribution in [0.5, 0.6) is 0 Å². The molecular weight excluding hydrogens is 248 g/mol. The lowest BCUT2D eigenvalue weighted by Gasteiger charge is -2.27. The summed E-state index contributed by atoms with van der Waals surface area (Å²) < 4.78 is 22.1. The molecule has 0 aromatic carbocycles. The first-order chi connectivity index (χ1) is 8.42. The second-order valence-corrected chi connectivity index (χ2v) is 7.97. The summed E-state index contributed by atoms with van der Waals surface area (Å²) in [6.45, 7) is 2.21. The Bertz CT molecular complexity index is 351. The maximum Gasteiger partial charge on any atom is 0.147 e. The summed E-state index contributed by atoms with van der Waals surface area (Å²) in [6.07, 6.45) is 9.47. The summed E-state index contributed by atoms with van der Waals surface area (Å²) in [4.78, 5) is 11.9. The van der Waals surface area contributed by atoms with Crippen molar-refractivity contribution in [1.82, 2.24) is 0 Å². The molecule has 0 aromatic rings. The molecule has 1 aliphatic carbocycles. The monoisotopic (exact) mass is 274 g/mol. The average Bonchev–Trinajstić information content (AvgIpc) is 2.33. The number of carbonyl (C=O) groups is 1. The van der Waals surface area contributed by atoms with Crippen molar-refractivity contribution in [3.8, 4) is 0 Å². The van der Waals surface area contributed by atoms with Crippen molar-refractivity contribution >= 4 is 15.6 Å². The Morgan fingerprint density at radius 3 is 2.28 bits per heavy atom. The number of Topliss-reactive ketones (excluding diaryl/α,β-unsaturated/α-hetero) is 1. The van der Waals surface area contributed by atoms with Crippen LogP contribution in [0.2, 0.25) is 0 Å². The number of sulfone groups is 1. The summed E-state index contributed by atoms with van der Waals surface area (Å²) in [6, 6.07) is 0. The van der Waals surface area contributed by atoms with Crippen LogP contribution in [0.15, 0.2) is 0 Å². The van der Waals surface area contributed by atoms with Gasteiger partial charge in [0.1, 0.15) is 15.6 Å². The maximum atomic E-state index is 11.9. The van der Waals surface area contributed by atoms with Crippen molar-refractivity contribution in [2.75, 3.05) is 12.0 Å². The molecule has 1 rings (SSSR count). The van der Waals surface area contributed by atoms with Crippen molar-refractivity contribution in [3.05, 3.63) is 0 Å². The topological polar surface area (TPSA) is 51.2 Å². The van der Waals surface area contributed by atoms with Crippen molar-refractivity contribution in [3.63, 3.8) is 0 Å². The highest BCUT2D eigenvalue weighted by atomic mass is 32.2. The minimum atomic E-state index is -3.00. The van der Waals surface area contributed by atoms with E-state index >= 15 is 0 Å². The molecule has 0 heterocycles. The Kier molecular flexibility index (Phi) is 6.33. The first-order valence-corrected chi connectivity index (χ1v) is 9.19. The number of rotatable bonds is 7. The molecule has 0 amide bonds. The molecule has 3 nitrogen and oxygen atoms in total. The predicted molar refractivity (Wildman–Crippen MR) is 74.3 cm³/mol. The third kappa shape index (κ3) is 5.98. The van der Waals surface area contributed by atoms with Gasteiger partial charge in [-0.3, -0.25) is 4.79 Å². The highest BCUT2D eigenvalue weighted by molar-refractivity contribution is 7.90. The first-order valence-electron chi connectivity index (χ1n) is 7.12. The van der Waals surface area contributed by atoms with Gasteiger partial charge >= 0.3 is 0 Å². The van der Waals surface area contributed by atoms with Crippen molar-refractivity contribution in [1.29, 1.82) is 0 Å². The number of carbonyl (C=O) groups excluding carboxylic acids is 1. The van der Waals surface area contributed by atoms with Crippen LogP contribution >= 0.6 is 0 Å². The molecule has 1 aliphatic rings. The molecule has 0 bridgehead atoms. The third-order valence-corrected chi connectivity index (χ3v) is 4.93. The van der Waals surface area contributed by atoms with E-state index in [4.69, 9.17) is 0 Å². The van der Waals surface area contributed by atoms with Gasteiger partial charge in [0.25, 0.3) is 0 Å². The van der Waals surface area contributed by atoms with Crippen molar-refractivity contribution in [2.24, 2.45) is 11.8 Å². The van der Waals surface area contributed by atoms with Gasteiger partial charge in [0, 0.05) is 18.6 Å². The molecule has 1 fully saturated rings. The lowest BCUT2D eigenvalue weighted by molar-refractivity contribution is -0.123. The molecular formula is C14H26O3S. The normalized spacial score (nSPS) is 25.0. The molecule has 0 atom stereocenters. The zero-order valence-corrected chi connectivity index (χ0v) is 12.5. The van der Waals surface area contributed by atoms with Crippen molar-refractivity contribution in [2.45, 2.75) is 58.3 Å². The SMILES string of the molecule is CCCCC1CCC(C(=O)CCS(C)(=O)=O)CC1. The molecule has 18 heavy (non-hydrogen) atoms. The Morgan fingerprint density at radius 2 is 1.78 bits per heavy atom. The van der Waals surface area contributed by atoms with E-state index in [1.54, 1.807) is 0 Å². The second kappa shape index (κ2) is 7.27. The Labute approximate surface area is 111 Å². The number of ketones is 1. The summed E-state index contributed by atoms with van der Waals surface area (Å²) in [5.41, 5.74) is 0. The van der Waals surface area contributed by atoms with Crippen LogP contribution in [0.3, 0.4) is 0 Å². The fourth-order valence-electron chi connectivity index (χ4n) is 2.76. The zero-order valence-electron chi connectivity index (χ0n) is 11.7. The van der Waals surface area contributed by atoms with Gasteiger partial charge in [-0.2, -0.15) is 0 Å². The van der Waals surface area contributed by atoms with E-state index < -0.39 is 9.84 Å². The van der Waals surface area contributed by atoms with E-state index in [2.05, 4.69) is 6.92 Å². The van der Waals surface area contributed by atoms with Crippen LogP contribution < -0.4 is 0 Å². The van der Waals surface area contributed by atoms with E-state index in [0.29, 0.717) is 0 Å². The average molecular weight is 274 g/mol. The van der Waals surface area contributed by atoms with Crippen LogP contribution in [0.4, 0.5) is 0 Å². The highest BCUT2D eigenvalue weighted by Crippen LogP contribution is 2.32. The van der Waals surface area contributed by atoms with E-state index in [9.17, 15) is 13.2 Å². The minimum Gasteiger partial charge on any atom is -0.299 e. The lowest BCUT2D eigenvalue weighted by Crippen LogP contribution is -2.23. The molecule has 0 N–H and O–H groups in total. The van der Waals surface area contributed by atoms with Crippen LogP contribution in [-0.4, -0.2) is 26.2 Å². The Balaban J connectivity index is 2.27. The minimum absolute atomic E-state index is 0.0155. The number of hydrogen-bond donors (Lipinski definition) is 0. The Morgan fingerprint density at radius 1 is 1.17 bits per heavy atom. The fraction of sp³-hybridized carbons (Fsp3) is 0.929. The van der Waals surface area contributed by atoms with Gasteiger partial charge in [-0.25, -0.2) is 8.42 Å². The van der Waals surface area contributed by atoms with E-state index in [1.807, 2.05) is 0 Å². The van der Waals surface area contributed by atoms with E-state index in [0.717, 1.165) is 31.6 Å². The standard InChI is InChI=1S/C14H26O3S/c1-3-4-5-12-6-8-13(9-7-12)14(15)10-11-18(2,16)17/h12-13H,3-11H2,1-2H3. The van der Waals surface area contributed by atoms with E-state index in [1.165, 1.54) is 25.5 Å². The van der Waals surface area contributed by atoms with Crippen molar-refractivity contribution < 1.29 is 13.2 Å². The largest absolute Gasteiger partial charge is 0.299 e. The van der Waals surface area contributed by atoms with Crippen LogP contribution in [-0.2, 0) is 14.6 Å². The molecule has 0 radical (unpaired) electrons. The van der Waals surface area contributed by atoms with Crippen LogP contribution in [0.25, 0.3) is 0 Å². The smallest absolute Gasteiger partial charge is 0.147 e. The molecule has 0 spiro atoms. The number of hydrogen-bond acceptors (Lipinski definition) is 3. The van der Waals surface area contributed by atoms with Gasteiger partial charge in [0.05, 0.1) is 5.75 Å². The van der Waals surface area contributed by atoms with Crippen LogP contribution in [0.1, 0.15) is 58.3 Å². The third-order valence-electron chi connectivity index (χ3n) is 3.99. The number of unbranched alkanes of at least 4 members (excludes halogenated alkanes) is 1. The van der Waals surface area contributed by atoms with E-state index in [-0.39, 0.29) is 23.9 Å². The first kappa shape index (κ1) is 15.7. The molecule has 106 valence electrons. The highest BCUT2D eigenvalue weighted by Gasteiger charge is 2.26. The van der Waals surface area contributed by atoms with Crippen LogP contribution in [0, 0.1) is 11.8 Å². The predicted octanol–water partition coefficient (Wildman–Crippen LogP) is 2.99. The molecule has 0 unspecified atom stereocenters. The van der Waals surface area contributed by atoms with Gasteiger partial charge in [0.2, 0.25) is 0 Å². The van der Waals surface area contributed by atoms with Gasteiger partial charge in [-0.1, -0.05) is 26.2 Å².